The minimum Gasteiger partial charge on any atom is -0.356 e. The molecule has 0 aliphatic carbocycles. The number of nitrogens with two attached hydrogens (primary N) is 1. The first-order chi connectivity index (χ1) is 7.99. The van der Waals surface area contributed by atoms with Gasteiger partial charge < -0.3 is 16.0 Å². The summed E-state index contributed by atoms with van der Waals surface area (Å²) < 4.78 is 0. The van der Waals surface area contributed by atoms with Crippen molar-refractivity contribution in [2.24, 2.45) is 11.7 Å². The second kappa shape index (κ2) is 6.97. The molecule has 3 N–H and O–H groups in total. The zero-order valence-electron chi connectivity index (χ0n) is 11.4. The highest BCUT2D eigenvalue weighted by Crippen LogP contribution is 2.17. The van der Waals surface area contributed by atoms with Gasteiger partial charge in [-0.1, -0.05) is 0 Å². The lowest BCUT2D eigenvalue weighted by atomic mass is 9.97. The van der Waals surface area contributed by atoms with Crippen molar-refractivity contribution in [3.05, 3.63) is 0 Å². The molecule has 1 amide bonds. The molecule has 0 radical (unpaired) electrons. The van der Waals surface area contributed by atoms with Gasteiger partial charge >= 0.3 is 0 Å². The van der Waals surface area contributed by atoms with Gasteiger partial charge in [0.1, 0.15) is 0 Å². The Bertz CT molecular complexity index is 241. The highest BCUT2D eigenvalue weighted by atomic mass is 16.1. The van der Waals surface area contributed by atoms with Gasteiger partial charge in [0.15, 0.2) is 0 Å². The number of nitrogens with one attached hydrogen (secondary N) is 1. The lowest BCUT2D eigenvalue weighted by Gasteiger charge is -2.35. The van der Waals surface area contributed by atoms with Crippen LogP contribution in [-0.4, -0.2) is 42.5 Å². The maximum Gasteiger partial charge on any atom is 0.221 e. The molecule has 17 heavy (non-hydrogen) atoms. The van der Waals surface area contributed by atoms with Crippen LogP contribution >= 0.6 is 0 Å². The predicted molar refractivity (Wildman–Crippen MR) is 70.7 cm³/mol. The van der Waals surface area contributed by atoms with E-state index in [1.807, 2.05) is 6.92 Å². The molecule has 0 saturated carbocycles. The van der Waals surface area contributed by atoms with E-state index >= 15 is 0 Å². The molecule has 0 aromatic rings. The first-order valence-corrected chi connectivity index (χ1v) is 6.75. The van der Waals surface area contributed by atoms with E-state index in [9.17, 15) is 4.79 Å². The number of hydrogen-bond donors (Lipinski definition) is 2. The van der Waals surface area contributed by atoms with Gasteiger partial charge in [-0.15, -0.1) is 0 Å². The Kier molecular flexibility index (Phi) is 5.92. The van der Waals surface area contributed by atoms with Gasteiger partial charge in [-0.3, -0.25) is 4.79 Å². The number of rotatable bonds is 5. The largest absolute Gasteiger partial charge is 0.356 e. The fraction of sp³-hybridized carbons (Fsp3) is 0.923. The van der Waals surface area contributed by atoms with Crippen molar-refractivity contribution in [2.75, 3.05) is 19.6 Å². The molecule has 0 aromatic heterocycles. The molecule has 1 fully saturated rings. The van der Waals surface area contributed by atoms with E-state index in [1.165, 1.54) is 19.4 Å². The quantitative estimate of drug-likeness (QED) is 0.754. The van der Waals surface area contributed by atoms with Crippen molar-refractivity contribution in [1.82, 2.24) is 10.2 Å². The Hall–Kier alpha value is -0.610. The highest BCUT2D eigenvalue weighted by Gasteiger charge is 2.21. The Morgan fingerprint density at radius 3 is 2.76 bits per heavy atom. The number of carbonyl (C=O) groups is 1. The zero-order valence-corrected chi connectivity index (χ0v) is 11.4. The molecule has 4 nitrogen and oxygen atoms in total. The van der Waals surface area contributed by atoms with Crippen molar-refractivity contribution >= 4 is 5.91 Å². The topological polar surface area (TPSA) is 58.4 Å². The average molecular weight is 241 g/mol. The van der Waals surface area contributed by atoms with E-state index in [4.69, 9.17) is 5.73 Å². The number of likely N-dealkylation sites (tertiary alicyclic amines) is 1. The van der Waals surface area contributed by atoms with Gasteiger partial charge in [-0.25, -0.2) is 0 Å². The molecule has 1 heterocycles. The van der Waals surface area contributed by atoms with Gasteiger partial charge in [-0.2, -0.15) is 0 Å². The molecule has 100 valence electrons. The van der Waals surface area contributed by atoms with Gasteiger partial charge in [0.2, 0.25) is 5.91 Å². The summed E-state index contributed by atoms with van der Waals surface area (Å²) >= 11 is 0. The second-order valence-corrected chi connectivity index (χ2v) is 5.58. The highest BCUT2D eigenvalue weighted by molar-refractivity contribution is 5.76. The van der Waals surface area contributed by atoms with E-state index in [0.717, 1.165) is 13.1 Å². The second-order valence-electron chi connectivity index (χ2n) is 5.58. The first kappa shape index (κ1) is 14.5. The Labute approximate surface area is 105 Å². The van der Waals surface area contributed by atoms with Gasteiger partial charge in [-0.05, 0) is 46.1 Å². The van der Waals surface area contributed by atoms with Crippen LogP contribution in [0.5, 0.6) is 0 Å². The van der Waals surface area contributed by atoms with Crippen molar-refractivity contribution in [1.29, 1.82) is 0 Å². The van der Waals surface area contributed by atoms with Crippen LogP contribution in [0.4, 0.5) is 0 Å². The number of carbonyl (C=O) groups excluding carboxylic acids is 1. The molecule has 0 aromatic carbocycles. The third-order valence-corrected chi connectivity index (χ3v) is 3.38. The molecule has 0 bridgehead atoms. The maximum absolute atomic E-state index is 11.5. The van der Waals surface area contributed by atoms with E-state index in [1.54, 1.807) is 0 Å². The minimum atomic E-state index is -0.0477. The number of piperidine rings is 1. The van der Waals surface area contributed by atoms with Gasteiger partial charge in [0.25, 0.3) is 0 Å². The standard InChI is InChI=1S/C13H27N3O/c1-10(2)16-6-4-5-12(9-16)8-15-13(17)7-11(3)14/h10-12H,4-9,14H2,1-3H3,(H,15,17). The molecule has 1 saturated heterocycles. The number of amides is 1. The smallest absolute Gasteiger partial charge is 0.221 e. The Morgan fingerprint density at radius 2 is 2.18 bits per heavy atom. The third kappa shape index (κ3) is 5.50. The van der Waals surface area contributed by atoms with Crippen molar-refractivity contribution in [3.8, 4) is 0 Å². The number of hydrogen-bond acceptors (Lipinski definition) is 3. The molecule has 4 heteroatoms. The van der Waals surface area contributed by atoms with E-state index < -0.39 is 0 Å². The molecule has 0 spiro atoms. The average Bonchev–Trinajstić information content (AvgIpc) is 2.26. The lowest BCUT2D eigenvalue weighted by molar-refractivity contribution is -0.121. The van der Waals surface area contributed by atoms with E-state index in [-0.39, 0.29) is 11.9 Å². The van der Waals surface area contributed by atoms with Crippen molar-refractivity contribution in [2.45, 2.75) is 52.1 Å². The molecule has 1 aliphatic rings. The van der Waals surface area contributed by atoms with E-state index in [2.05, 4.69) is 24.1 Å². The summed E-state index contributed by atoms with van der Waals surface area (Å²) in [5.41, 5.74) is 5.59. The fourth-order valence-corrected chi connectivity index (χ4v) is 2.36. The van der Waals surface area contributed by atoms with Gasteiger partial charge in [0, 0.05) is 31.6 Å². The zero-order chi connectivity index (χ0) is 12.8. The molecule has 1 rings (SSSR count). The van der Waals surface area contributed by atoms with Crippen LogP contribution in [0.2, 0.25) is 0 Å². The van der Waals surface area contributed by atoms with Gasteiger partial charge in [0.05, 0.1) is 0 Å². The van der Waals surface area contributed by atoms with Crippen LogP contribution in [0.15, 0.2) is 0 Å². The van der Waals surface area contributed by atoms with Crippen molar-refractivity contribution in [3.63, 3.8) is 0 Å². The summed E-state index contributed by atoms with van der Waals surface area (Å²) in [5.74, 6) is 0.685. The van der Waals surface area contributed by atoms with Crippen LogP contribution in [0, 0.1) is 5.92 Å². The monoisotopic (exact) mass is 241 g/mol. The summed E-state index contributed by atoms with van der Waals surface area (Å²) in [7, 11) is 0. The summed E-state index contributed by atoms with van der Waals surface area (Å²) in [6, 6.07) is 0.561. The molecule has 2 unspecified atom stereocenters. The van der Waals surface area contributed by atoms with Crippen LogP contribution in [-0.2, 0) is 4.79 Å². The Morgan fingerprint density at radius 1 is 1.47 bits per heavy atom. The lowest BCUT2D eigenvalue weighted by Crippen LogP contribution is -2.44. The maximum atomic E-state index is 11.5. The van der Waals surface area contributed by atoms with Crippen LogP contribution in [0.25, 0.3) is 0 Å². The molecular weight excluding hydrogens is 214 g/mol. The summed E-state index contributed by atoms with van der Waals surface area (Å²) in [4.78, 5) is 14.0. The fourth-order valence-electron chi connectivity index (χ4n) is 2.36. The molecule has 2 atom stereocenters. The van der Waals surface area contributed by atoms with E-state index in [0.29, 0.717) is 18.4 Å². The third-order valence-electron chi connectivity index (χ3n) is 3.38. The first-order valence-electron chi connectivity index (χ1n) is 6.75. The predicted octanol–water partition coefficient (Wildman–Crippen LogP) is 0.960. The molecular formula is C13H27N3O. The van der Waals surface area contributed by atoms with Crippen molar-refractivity contribution < 1.29 is 4.79 Å². The number of nitrogens with zero attached hydrogens (tertiary/aromatic N) is 1. The SMILES string of the molecule is CC(N)CC(=O)NCC1CCCN(C(C)C)C1. The molecule has 1 aliphatic heterocycles. The van der Waals surface area contributed by atoms with Crippen LogP contribution < -0.4 is 11.1 Å². The minimum absolute atomic E-state index is 0.0477. The Balaban J connectivity index is 2.25. The summed E-state index contributed by atoms with van der Waals surface area (Å²) in [6.45, 7) is 9.43. The van der Waals surface area contributed by atoms with Crippen LogP contribution in [0.1, 0.15) is 40.0 Å². The normalized spacial score (nSPS) is 23.7. The van der Waals surface area contributed by atoms with Crippen LogP contribution in [0.3, 0.4) is 0 Å². The summed E-state index contributed by atoms with van der Waals surface area (Å²) in [6.07, 6.45) is 2.90. The summed E-state index contributed by atoms with van der Waals surface area (Å²) in [5, 5.41) is 3.00.